The number of hydrogen-bond donors (Lipinski definition) is 0. The highest BCUT2D eigenvalue weighted by Gasteiger charge is 2.21. The molecular formula is C17H16Cl2N4O. The summed E-state index contributed by atoms with van der Waals surface area (Å²) in [6, 6.07) is 7.05. The highest BCUT2D eigenvalue weighted by molar-refractivity contribution is 6.37. The van der Waals surface area contributed by atoms with Gasteiger partial charge in [-0.2, -0.15) is 0 Å². The smallest absolute Gasteiger partial charge is 0.246 e. The van der Waals surface area contributed by atoms with Gasteiger partial charge in [0.25, 0.3) is 0 Å². The molecule has 1 fully saturated rings. The van der Waals surface area contributed by atoms with Crippen molar-refractivity contribution in [3.63, 3.8) is 0 Å². The molecule has 0 saturated carbocycles. The fourth-order valence-electron chi connectivity index (χ4n) is 2.51. The van der Waals surface area contributed by atoms with Crippen LogP contribution in [0.25, 0.3) is 6.08 Å². The Hall–Kier alpha value is -2.11. The van der Waals surface area contributed by atoms with Crippen molar-refractivity contribution < 1.29 is 4.79 Å². The van der Waals surface area contributed by atoms with Crippen molar-refractivity contribution in [1.29, 1.82) is 0 Å². The Morgan fingerprint density at radius 3 is 2.25 bits per heavy atom. The van der Waals surface area contributed by atoms with Crippen LogP contribution in [0.2, 0.25) is 10.0 Å². The highest BCUT2D eigenvalue weighted by Crippen LogP contribution is 2.25. The van der Waals surface area contributed by atoms with E-state index >= 15 is 0 Å². The fourth-order valence-corrected chi connectivity index (χ4v) is 3.03. The van der Waals surface area contributed by atoms with Crippen molar-refractivity contribution in [2.45, 2.75) is 0 Å². The van der Waals surface area contributed by atoms with E-state index in [0.29, 0.717) is 47.7 Å². The van der Waals surface area contributed by atoms with E-state index < -0.39 is 0 Å². The summed E-state index contributed by atoms with van der Waals surface area (Å²) in [5, 5.41) is 1.05. The number of anilines is 1. The van der Waals surface area contributed by atoms with E-state index in [4.69, 9.17) is 23.2 Å². The van der Waals surface area contributed by atoms with Crippen LogP contribution in [0.4, 0.5) is 5.95 Å². The molecule has 2 aromatic rings. The Labute approximate surface area is 150 Å². The lowest BCUT2D eigenvalue weighted by molar-refractivity contribution is -0.126. The zero-order valence-corrected chi connectivity index (χ0v) is 14.4. The Kier molecular flexibility index (Phi) is 5.33. The molecule has 1 saturated heterocycles. The van der Waals surface area contributed by atoms with Crippen molar-refractivity contribution in [2.75, 3.05) is 31.1 Å². The molecule has 0 atom stereocenters. The monoisotopic (exact) mass is 362 g/mol. The van der Waals surface area contributed by atoms with E-state index in [0.717, 1.165) is 0 Å². The third kappa shape index (κ3) is 3.86. The highest BCUT2D eigenvalue weighted by atomic mass is 35.5. The van der Waals surface area contributed by atoms with E-state index in [1.54, 1.807) is 47.6 Å². The standard InChI is InChI=1S/C17H16Cl2N4O/c18-14-3-1-4-15(19)13(14)5-6-16(24)22-9-11-23(12-10-22)17-20-7-2-8-21-17/h1-8H,9-12H2/b6-5-. The van der Waals surface area contributed by atoms with Gasteiger partial charge < -0.3 is 9.80 Å². The number of carbonyl (C=O) groups excluding carboxylic acids is 1. The maximum Gasteiger partial charge on any atom is 0.246 e. The van der Waals surface area contributed by atoms with E-state index in [1.165, 1.54) is 6.08 Å². The molecule has 5 nitrogen and oxygen atoms in total. The van der Waals surface area contributed by atoms with Crippen molar-refractivity contribution in [2.24, 2.45) is 0 Å². The summed E-state index contributed by atoms with van der Waals surface area (Å²) in [5.74, 6) is 0.641. The number of carbonyl (C=O) groups is 1. The SMILES string of the molecule is O=C(/C=C\c1c(Cl)cccc1Cl)N1CCN(c2ncccn2)CC1. The van der Waals surface area contributed by atoms with E-state index in [-0.39, 0.29) is 5.91 Å². The van der Waals surface area contributed by atoms with Crippen LogP contribution in [-0.4, -0.2) is 47.0 Å². The van der Waals surface area contributed by atoms with Gasteiger partial charge in [-0.25, -0.2) is 9.97 Å². The van der Waals surface area contributed by atoms with Crippen LogP contribution >= 0.6 is 23.2 Å². The van der Waals surface area contributed by atoms with E-state index in [2.05, 4.69) is 14.9 Å². The average Bonchev–Trinajstić information content (AvgIpc) is 2.62. The summed E-state index contributed by atoms with van der Waals surface area (Å²) < 4.78 is 0. The second kappa shape index (κ2) is 7.64. The summed E-state index contributed by atoms with van der Waals surface area (Å²) in [7, 11) is 0. The minimum absolute atomic E-state index is 0.0559. The molecule has 1 amide bonds. The largest absolute Gasteiger partial charge is 0.337 e. The summed E-state index contributed by atoms with van der Waals surface area (Å²) in [4.78, 5) is 24.7. The van der Waals surface area contributed by atoms with Crippen LogP contribution in [0.3, 0.4) is 0 Å². The predicted octanol–water partition coefficient (Wildman–Crippen LogP) is 3.15. The van der Waals surface area contributed by atoms with Crippen molar-refractivity contribution in [3.05, 3.63) is 58.3 Å². The van der Waals surface area contributed by atoms with E-state index in [9.17, 15) is 4.79 Å². The van der Waals surface area contributed by atoms with Gasteiger partial charge in [0, 0.05) is 60.3 Å². The summed E-state index contributed by atoms with van der Waals surface area (Å²) in [6.07, 6.45) is 6.62. The molecule has 0 bridgehead atoms. The molecule has 124 valence electrons. The topological polar surface area (TPSA) is 49.3 Å². The molecule has 1 aliphatic heterocycles. The lowest BCUT2D eigenvalue weighted by Crippen LogP contribution is -2.48. The third-order valence-electron chi connectivity index (χ3n) is 3.82. The lowest BCUT2D eigenvalue weighted by Gasteiger charge is -2.34. The van der Waals surface area contributed by atoms with Gasteiger partial charge in [-0.1, -0.05) is 29.3 Å². The first-order chi connectivity index (χ1) is 11.6. The Bertz CT molecular complexity index is 723. The number of amides is 1. The van der Waals surface area contributed by atoms with E-state index in [1.807, 2.05) is 0 Å². The van der Waals surface area contributed by atoms with Crippen LogP contribution in [0.15, 0.2) is 42.7 Å². The number of rotatable bonds is 3. The molecule has 0 aliphatic carbocycles. The number of halogens is 2. The van der Waals surface area contributed by atoms with Gasteiger partial charge in [-0.05, 0) is 24.3 Å². The average molecular weight is 363 g/mol. The molecule has 7 heteroatoms. The van der Waals surface area contributed by atoms with Gasteiger partial charge in [-0.3, -0.25) is 4.79 Å². The van der Waals surface area contributed by atoms with Gasteiger partial charge in [0.15, 0.2) is 0 Å². The van der Waals surface area contributed by atoms with Gasteiger partial charge in [0.2, 0.25) is 11.9 Å². The second-order valence-electron chi connectivity index (χ2n) is 5.33. The summed E-state index contributed by atoms with van der Waals surface area (Å²) >= 11 is 12.2. The predicted molar refractivity (Wildman–Crippen MR) is 96.3 cm³/mol. The molecule has 1 aromatic heterocycles. The second-order valence-corrected chi connectivity index (χ2v) is 6.14. The van der Waals surface area contributed by atoms with Crippen LogP contribution in [0.5, 0.6) is 0 Å². The van der Waals surface area contributed by atoms with Gasteiger partial charge in [0.05, 0.1) is 0 Å². The fraction of sp³-hybridized carbons (Fsp3) is 0.235. The zero-order valence-electron chi connectivity index (χ0n) is 12.9. The minimum Gasteiger partial charge on any atom is -0.337 e. The minimum atomic E-state index is -0.0559. The summed E-state index contributed by atoms with van der Waals surface area (Å²) in [5.41, 5.74) is 0.658. The maximum atomic E-state index is 12.3. The lowest BCUT2D eigenvalue weighted by atomic mass is 10.2. The first-order valence-corrected chi connectivity index (χ1v) is 8.34. The Morgan fingerprint density at radius 1 is 1.00 bits per heavy atom. The van der Waals surface area contributed by atoms with Gasteiger partial charge in [-0.15, -0.1) is 0 Å². The normalized spacial score (nSPS) is 15.1. The molecule has 1 aliphatic rings. The van der Waals surface area contributed by atoms with Crippen LogP contribution in [0, 0.1) is 0 Å². The number of nitrogens with zero attached hydrogens (tertiary/aromatic N) is 4. The molecule has 0 spiro atoms. The van der Waals surface area contributed by atoms with Crippen LogP contribution in [-0.2, 0) is 4.79 Å². The van der Waals surface area contributed by atoms with Crippen molar-refractivity contribution in [3.8, 4) is 0 Å². The number of piperazine rings is 1. The van der Waals surface area contributed by atoms with Gasteiger partial charge in [0.1, 0.15) is 0 Å². The third-order valence-corrected chi connectivity index (χ3v) is 4.48. The Morgan fingerprint density at radius 2 is 1.62 bits per heavy atom. The first-order valence-electron chi connectivity index (χ1n) is 7.58. The number of aromatic nitrogens is 2. The molecule has 2 heterocycles. The molecule has 0 unspecified atom stereocenters. The Balaban J connectivity index is 1.60. The molecule has 3 rings (SSSR count). The summed E-state index contributed by atoms with van der Waals surface area (Å²) in [6.45, 7) is 2.66. The molecule has 0 radical (unpaired) electrons. The first kappa shape index (κ1) is 16.7. The van der Waals surface area contributed by atoms with Crippen LogP contribution in [0.1, 0.15) is 5.56 Å². The quantitative estimate of drug-likeness (QED) is 0.787. The zero-order chi connectivity index (χ0) is 16.9. The molecule has 0 N–H and O–H groups in total. The molecule has 1 aromatic carbocycles. The van der Waals surface area contributed by atoms with Crippen molar-refractivity contribution >= 4 is 41.1 Å². The van der Waals surface area contributed by atoms with Crippen molar-refractivity contribution in [1.82, 2.24) is 14.9 Å². The number of hydrogen-bond acceptors (Lipinski definition) is 4. The number of benzene rings is 1. The van der Waals surface area contributed by atoms with Gasteiger partial charge >= 0.3 is 0 Å². The molecule has 24 heavy (non-hydrogen) atoms. The molecular weight excluding hydrogens is 347 g/mol. The van der Waals surface area contributed by atoms with Crippen LogP contribution < -0.4 is 4.90 Å². The maximum absolute atomic E-state index is 12.3.